The molecule has 0 atom stereocenters. The molecule has 0 amide bonds. The van der Waals surface area contributed by atoms with Gasteiger partial charge < -0.3 is 5.32 Å². The molecule has 1 aliphatic carbocycles. The third-order valence-corrected chi connectivity index (χ3v) is 4.81. The third-order valence-electron chi connectivity index (χ3n) is 4.81. The molecule has 1 aromatic carbocycles. The number of nitro groups is 1. The van der Waals surface area contributed by atoms with Crippen molar-refractivity contribution in [2.75, 3.05) is 11.9 Å². The lowest BCUT2D eigenvalue weighted by atomic mass is 9.67. The number of non-ortho nitro benzene ring substituents is 1. The highest BCUT2D eigenvalue weighted by Crippen LogP contribution is 2.44. The van der Waals surface area contributed by atoms with Gasteiger partial charge in [0.15, 0.2) is 0 Å². The zero-order valence-corrected chi connectivity index (χ0v) is 12.1. The van der Waals surface area contributed by atoms with Crippen molar-refractivity contribution in [1.82, 2.24) is 4.98 Å². The fraction of sp³-hybridized carbons (Fsp3) is 0.438. The van der Waals surface area contributed by atoms with Crippen LogP contribution in [0.4, 0.5) is 11.4 Å². The van der Waals surface area contributed by atoms with Crippen LogP contribution in [-0.4, -0.2) is 16.5 Å². The van der Waals surface area contributed by atoms with Gasteiger partial charge in [0, 0.05) is 36.1 Å². The highest BCUT2D eigenvalue weighted by atomic mass is 16.6. The van der Waals surface area contributed by atoms with E-state index in [1.54, 1.807) is 30.6 Å². The van der Waals surface area contributed by atoms with Crippen molar-refractivity contribution in [3.05, 3.63) is 40.7 Å². The number of nitrogens with zero attached hydrogens (tertiary/aromatic N) is 2. The highest BCUT2D eigenvalue weighted by Gasteiger charge is 2.34. The zero-order chi connectivity index (χ0) is 14.9. The number of anilines is 1. The Morgan fingerprint density at radius 3 is 2.76 bits per heavy atom. The number of hydrogen-bond acceptors (Lipinski definition) is 4. The maximum atomic E-state index is 11.1. The number of hydrogen-bond donors (Lipinski definition) is 1. The molecule has 1 heterocycles. The minimum atomic E-state index is -0.342. The van der Waals surface area contributed by atoms with Gasteiger partial charge in [-0.2, -0.15) is 0 Å². The van der Waals surface area contributed by atoms with Crippen LogP contribution >= 0.6 is 0 Å². The van der Waals surface area contributed by atoms with E-state index < -0.39 is 0 Å². The summed E-state index contributed by atoms with van der Waals surface area (Å²) in [7, 11) is 0. The molecule has 21 heavy (non-hydrogen) atoms. The lowest BCUT2D eigenvalue weighted by molar-refractivity contribution is -0.383. The normalized spacial score (nSPS) is 16.4. The van der Waals surface area contributed by atoms with Crippen LogP contribution in [-0.2, 0) is 0 Å². The fourth-order valence-electron chi connectivity index (χ4n) is 3.10. The van der Waals surface area contributed by atoms with Gasteiger partial charge in [-0.25, -0.2) is 0 Å². The molecule has 1 aliphatic rings. The van der Waals surface area contributed by atoms with Crippen LogP contribution in [0.25, 0.3) is 10.8 Å². The molecule has 1 fully saturated rings. The van der Waals surface area contributed by atoms with Gasteiger partial charge in [-0.15, -0.1) is 0 Å². The van der Waals surface area contributed by atoms with E-state index in [4.69, 9.17) is 0 Å². The Bertz CT molecular complexity index is 675. The minimum Gasteiger partial charge on any atom is -0.384 e. The summed E-state index contributed by atoms with van der Waals surface area (Å²) in [6.45, 7) is 3.15. The van der Waals surface area contributed by atoms with Crippen LogP contribution in [0, 0.1) is 15.5 Å². The van der Waals surface area contributed by atoms with Crippen molar-refractivity contribution in [3.8, 4) is 0 Å². The Morgan fingerprint density at radius 2 is 2.14 bits per heavy atom. The number of nitrogens with one attached hydrogen (secondary N) is 1. The zero-order valence-electron chi connectivity index (χ0n) is 12.1. The first kappa shape index (κ1) is 13.8. The predicted octanol–water partition coefficient (Wildman–Crippen LogP) is 4.14. The molecule has 1 saturated carbocycles. The summed E-state index contributed by atoms with van der Waals surface area (Å²) in [6.07, 6.45) is 8.29. The van der Waals surface area contributed by atoms with Gasteiger partial charge in [0.1, 0.15) is 0 Å². The van der Waals surface area contributed by atoms with Crippen molar-refractivity contribution < 1.29 is 4.92 Å². The summed E-state index contributed by atoms with van der Waals surface area (Å²) in [5.41, 5.74) is 1.46. The van der Waals surface area contributed by atoms with Crippen LogP contribution in [0.15, 0.2) is 30.6 Å². The molecular formula is C16H19N3O2. The topological polar surface area (TPSA) is 68.1 Å². The van der Waals surface area contributed by atoms with Gasteiger partial charge in [0.25, 0.3) is 5.69 Å². The maximum Gasteiger partial charge on any atom is 0.277 e. The summed E-state index contributed by atoms with van der Waals surface area (Å²) >= 11 is 0. The summed E-state index contributed by atoms with van der Waals surface area (Å²) < 4.78 is 0. The number of rotatable bonds is 5. The molecule has 5 nitrogen and oxygen atoms in total. The molecule has 0 radical (unpaired) electrons. The average molecular weight is 285 g/mol. The monoisotopic (exact) mass is 285 g/mol. The number of nitro benzene ring substituents is 1. The molecule has 0 spiro atoms. The second kappa shape index (κ2) is 5.31. The fourth-order valence-corrected chi connectivity index (χ4v) is 3.10. The van der Waals surface area contributed by atoms with E-state index in [-0.39, 0.29) is 10.6 Å². The van der Waals surface area contributed by atoms with Crippen molar-refractivity contribution >= 4 is 22.1 Å². The molecule has 1 aromatic heterocycles. The van der Waals surface area contributed by atoms with E-state index >= 15 is 0 Å². The lowest BCUT2D eigenvalue weighted by Gasteiger charge is -2.41. The third kappa shape index (κ3) is 2.44. The van der Waals surface area contributed by atoms with Crippen LogP contribution in [0.2, 0.25) is 0 Å². The molecule has 5 heteroatoms. The van der Waals surface area contributed by atoms with E-state index in [0.717, 1.165) is 17.6 Å². The maximum absolute atomic E-state index is 11.1. The van der Waals surface area contributed by atoms with Crippen LogP contribution in [0.5, 0.6) is 0 Å². The van der Waals surface area contributed by atoms with Gasteiger partial charge in [0.05, 0.1) is 10.3 Å². The molecule has 0 bridgehead atoms. The number of aromatic nitrogens is 1. The second-order valence-electron chi connectivity index (χ2n) is 5.87. The van der Waals surface area contributed by atoms with E-state index in [9.17, 15) is 10.1 Å². The summed E-state index contributed by atoms with van der Waals surface area (Å²) in [6, 6.07) is 5.08. The van der Waals surface area contributed by atoms with Crippen molar-refractivity contribution in [2.45, 2.75) is 32.6 Å². The molecule has 0 aliphatic heterocycles. The van der Waals surface area contributed by atoms with E-state index in [1.807, 2.05) is 0 Å². The molecule has 0 saturated heterocycles. The Morgan fingerprint density at radius 1 is 1.33 bits per heavy atom. The van der Waals surface area contributed by atoms with Gasteiger partial charge >= 0.3 is 0 Å². The number of pyridine rings is 1. The van der Waals surface area contributed by atoms with Crippen LogP contribution in [0.3, 0.4) is 0 Å². The first-order valence-corrected chi connectivity index (χ1v) is 7.40. The second-order valence-corrected chi connectivity index (χ2v) is 5.87. The predicted molar refractivity (Wildman–Crippen MR) is 83.5 cm³/mol. The average Bonchev–Trinajstić information content (AvgIpc) is 2.46. The van der Waals surface area contributed by atoms with Crippen LogP contribution < -0.4 is 5.32 Å². The van der Waals surface area contributed by atoms with Gasteiger partial charge in [-0.1, -0.05) is 13.3 Å². The number of benzene rings is 1. The SMILES string of the molecule is CCC1(CNc2ccc([N+](=O)[O-])c3ccncc23)CCC1. The Hall–Kier alpha value is -2.17. The summed E-state index contributed by atoms with van der Waals surface area (Å²) in [4.78, 5) is 14.9. The number of fused-ring (bicyclic) bond motifs is 1. The molecule has 110 valence electrons. The Balaban J connectivity index is 1.93. The van der Waals surface area contributed by atoms with Gasteiger partial charge in [-0.3, -0.25) is 15.1 Å². The minimum absolute atomic E-state index is 0.131. The van der Waals surface area contributed by atoms with Crippen molar-refractivity contribution in [3.63, 3.8) is 0 Å². The quantitative estimate of drug-likeness (QED) is 0.662. The van der Waals surface area contributed by atoms with Crippen molar-refractivity contribution in [2.24, 2.45) is 5.41 Å². The first-order chi connectivity index (χ1) is 10.2. The summed E-state index contributed by atoms with van der Waals surface area (Å²) in [5, 5.41) is 16.0. The standard InChI is InChI=1S/C16H19N3O2/c1-2-16(7-3-8-16)11-18-14-4-5-15(19(20)21)12-6-9-17-10-13(12)14/h4-6,9-10,18H,2-3,7-8,11H2,1H3. The molecule has 2 aromatic rings. The van der Waals surface area contributed by atoms with Gasteiger partial charge in [0.2, 0.25) is 0 Å². The van der Waals surface area contributed by atoms with E-state index in [2.05, 4.69) is 17.2 Å². The largest absolute Gasteiger partial charge is 0.384 e. The van der Waals surface area contributed by atoms with E-state index in [1.165, 1.54) is 25.7 Å². The Kier molecular flexibility index (Phi) is 3.49. The Labute approximate surface area is 123 Å². The highest BCUT2D eigenvalue weighted by molar-refractivity contribution is 5.99. The van der Waals surface area contributed by atoms with Gasteiger partial charge in [-0.05, 0) is 36.8 Å². The smallest absolute Gasteiger partial charge is 0.277 e. The summed E-state index contributed by atoms with van der Waals surface area (Å²) in [5.74, 6) is 0. The first-order valence-electron chi connectivity index (χ1n) is 7.40. The molecule has 0 unspecified atom stereocenters. The molecular weight excluding hydrogens is 266 g/mol. The van der Waals surface area contributed by atoms with Crippen LogP contribution in [0.1, 0.15) is 32.6 Å². The molecule has 3 rings (SSSR count). The van der Waals surface area contributed by atoms with Crippen molar-refractivity contribution in [1.29, 1.82) is 0 Å². The lowest BCUT2D eigenvalue weighted by Crippen LogP contribution is -2.35. The van der Waals surface area contributed by atoms with E-state index in [0.29, 0.717) is 10.8 Å². The molecule has 1 N–H and O–H groups in total.